The highest BCUT2D eigenvalue weighted by Crippen LogP contribution is 2.25. The molecule has 4 heteroatoms. The van der Waals surface area contributed by atoms with Gasteiger partial charge in [-0.3, -0.25) is 0 Å². The van der Waals surface area contributed by atoms with Crippen LogP contribution >= 0.6 is 0 Å². The van der Waals surface area contributed by atoms with Crippen molar-refractivity contribution in [1.82, 2.24) is 14.8 Å². The van der Waals surface area contributed by atoms with Crippen LogP contribution in [0.4, 0.5) is 0 Å². The van der Waals surface area contributed by atoms with E-state index in [4.69, 9.17) is 0 Å². The van der Waals surface area contributed by atoms with Crippen LogP contribution in [-0.2, 0) is 7.05 Å². The maximum Gasteiger partial charge on any atom is 0.159 e. The van der Waals surface area contributed by atoms with Crippen LogP contribution in [0.3, 0.4) is 0 Å². The van der Waals surface area contributed by atoms with Crippen molar-refractivity contribution in [2.75, 3.05) is 0 Å². The first-order chi connectivity index (χ1) is 5.77. The zero-order valence-electron chi connectivity index (χ0n) is 6.94. The van der Waals surface area contributed by atoms with Crippen molar-refractivity contribution in [3.05, 3.63) is 18.2 Å². The van der Waals surface area contributed by atoms with Crippen LogP contribution in [0, 0.1) is 0 Å². The first kappa shape index (κ1) is 7.49. The van der Waals surface area contributed by atoms with E-state index >= 15 is 0 Å². The van der Waals surface area contributed by atoms with Crippen molar-refractivity contribution in [3.63, 3.8) is 0 Å². The zero-order chi connectivity index (χ0) is 8.55. The van der Waals surface area contributed by atoms with Crippen LogP contribution in [0.1, 0.15) is 18.7 Å². The van der Waals surface area contributed by atoms with Gasteiger partial charge in [0, 0.05) is 7.05 Å². The van der Waals surface area contributed by atoms with Gasteiger partial charge in [-0.05, 0) is 24.5 Å². The predicted molar refractivity (Wildman–Crippen MR) is 44.2 cm³/mol. The summed E-state index contributed by atoms with van der Waals surface area (Å²) >= 11 is 0. The largest absolute Gasteiger partial charge is 0.389 e. The Kier molecular flexibility index (Phi) is 1.69. The van der Waals surface area contributed by atoms with Crippen LogP contribution in [0.2, 0.25) is 0 Å². The summed E-state index contributed by atoms with van der Waals surface area (Å²) in [6.45, 7) is 0. The van der Waals surface area contributed by atoms with E-state index in [1.165, 1.54) is 0 Å². The van der Waals surface area contributed by atoms with Gasteiger partial charge in [-0.25, -0.2) is 0 Å². The van der Waals surface area contributed by atoms with Crippen molar-refractivity contribution in [1.29, 1.82) is 0 Å². The third kappa shape index (κ3) is 1.14. The lowest BCUT2D eigenvalue weighted by atomic mass is 10.2. The van der Waals surface area contributed by atoms with Gasteiger partial charge in [-0.1, -0.05) is 0 Å². The highest BCUT2D eigenvalue weighted by atomic mass is 16.3. The lowest BCUT2D eigenvalue weighted by Crippen LogP contribution is -1.94. The molecule has 4 nitrogen and oxygen atoms in total. The summed E-state index contributed by atoms with van der Waals surface area (Å²) in [5, 5.41) is 17.0. The second-order valence-corrected chi connectivity index (χ2v) is 3.06. The van der Waals surface area contributed by atoms with Crippen molar-refractivity contribution >= 4 is 5.57 Å². The third-order valence-electron chi connectivity index (χ3n) is 2.10. The maximum absolute atomic E-state index is 9.26. The molecule has 0 saturated carbocycles. The minimum Gasteiger partial charge on any atom is -0.389 e. The Morgan fingerprint density at radius 1 is 1.67 bits per heavy atom. The topological polar surface area (TPSA) is 50.9 Å². The summed E-state index contributed by atoms with van der Waals surface area (Å²) in [5.41, 5.74) is 1.10. The second-order valence-electron chi connectivity index (χ2n) is 3.06. The van der Waals surface area contributed by atoms with E-state index in [9.17, 15) is 5.11 Å². The molecule has 1 unspecified atom stereocenters. The van der Waals surface area contributed by atoms with Gasteiger partial charge in [0.2, 0.25) is 0 Å². The van der Waals surface area contributed by atoms with E-state index < -0.39 is 0 Å². The summed E-state index contributed by atoms with van der Waals surface area (Å²) in [6, 6.07) is 0. The van der Waals surface area contributed by atoms with Crippen LogP contribution < -0.4 is 0 Å². The monoisotopic (exact) mass is 165 g/mol. The van der Waals surface area contributed by atoms with Gasteiger partial charge >= 0.3 is 0 Å². The molecule has 64 valence electrons. The van der Waals surface area contributed by atoms with Gasteiger partial charge in [0.25, 0.3) is 0 Å². The second kappa shape index (κ2) is 2.71. The number of rotatable bonds is 1. The molecule has 1 aromatic rings. The van der Waals surface area contributed by atoms with Crippen LogP contribution in [0.25, 0.3) is 5.57 Å². The molecule has 1 atom stereocenters. The molecule has 0 aliphatic heterocycles. The third-order valence-corrected chi connectivity index (χ3v) is 2.10. The van der Waals surface area contributed by atoms with Crippen molar-refractivity contribution in [2.24, 2.45) is 7.05 Å². The lowest BCUT2D eigenvalue weighted by molar-refractivity contribution is 0.223. The molecule has 0 saturated heterocycles. The Morgan fingerprint density at radius 2 is 2.50 bits per heavy atom. The molecule has 1 N–H and O–H groups in total. The van der Waals surface area contributed by atoms with E-state index in [2.05, 4.69) is 10.2 Å². The fourth-order valence-electron chi connectivity index (χ4n) is 1.46. The predicted octanol–water partition coefficient (Wildman–Crippen LogP) is 0.353. The summed E-state index contributed by atoms with van der Waals surface area (Å²) in [6.07, 6.45) is 4.93. The molecule has 1 aliphatic carbocycles. The van der Waals surface area contributed by atoms with E-state index in [1.54, 1.807) is 6.33 Å². The van der Waals surface area contributed by atoms with Crippen LogP contribution in [0.15, 0.2) is 12.4 Å². The average molecular weight is 165 g/mol. The molecule has 1 heterocycles. The number of allylic oxidation sites excluding steroid dienone is 1. The van der Waals surface area contributed by atoms with Crippen LogP contribution in [0.5, 0.6) is 0 Å². The summed E-state index contributed by atoms with van der Waals surface area (Å²) in [5.74, 6) is 0.867. The number of aliphatic hydroxyl groups excluding tert-OH is 1. The van der Waals surface area contributed by atoms with Crippen LogP contribution in [-0.4, -0.2) is 26.0 Å². The summed E-state index contributed by atoms with van der Waals surface area (Å²) < 4.78 is 1.86. The van der Waals surface area contributed by atoms with Crippen molar-refractivity contribution in [3.8, 4) is 0 Å². The van der Waals surface area contributed by atoms with Crippen molar-refractivity contribution in [2.45, 2.75) is 18.9 Å². The molecule has 0 amide bonds. The quantitative estimate of drug-likeness (QED) is 0.653. The lowest BCUT2D eigenvalue weighted by Gasteiger charge is -1.98. The fourth-order valence-corrected chi connectivity index (χ4v) is 1.46. The highest BCUT2D eigenvalue weighted by molar-refractivity contribution is 5.62. The minimum atomic E-state index is -0.295. The molecular formula is C8H11N3O. The molecule has 1 aliphatic rings. The van der Waals surface area contributed by atoms with E-state index in [1.807, 2.05) is 17.7 Å². The average Bonchev–Trinajstić information content (AvgIpc) is 2.58. The van der Waals surface area contributed by atoms with Gasteiger partial charge in [-0.15, -0.1) is 10.2 Å². The van der Waals surface area contributed by atoms with E-state index in [-0.39, 0.29) is 6.10 Å². The van der Waals surface area contributed by atoms with Gasteiger partial charge in [-0.2, -0.15) is 0 Å². The summed E-state index contributed by atoms with van der Waals surface area (Å²) in [7, 11) is 1.90. The number of aromatic nitrogens is 3. The number of hydrogen-bond donors (Lipinski definition) is 1. The minimum absolute atomic E-state index is 0.295. The molecule has 2 rings (SSSR count). The highest BCUT2D eigenvalue weighted by Gasteiger charge is 2.17. The van der Waals surface area contributed by atoms with E-state index in [0.717, 1.165) is 24.2 Å². The number of nitrogens with zero attached hydrogens (tertiary/aromatic N) is 3. The van der Waals surface area contributed by atoms with Gasteiger partial charge in [0.15, 0.2) is 5.82 Å². The fraction of sp³-hybridized carbons (Fsp3) is 0.500. The molecule has 0 radical (unpaired) electrons. The molecule has 0 spiro atoms. The summed E-state index contributed by atoms with van der Waals surface area (Å²) in [4.78, 5) is 0. The van der Waals surface area contributed by atoms with Gasteiger partial charge < -0.3 is 9.67 Å². The SMILES string of the molecule is Cn1cnnc1C1=CC(O)CC1. The smallest absolute Gasteiger partial charge is 0.159 e. The molecule has 0 fully saturated rings. The number of hydrogen-bond acceptors (Lipinski definition) is 3. The molecule has 1 aromatic heterocycles. The maximum atomic E-state index is 9.26. The normalized spacial score (nSPS) is 22.8. The molecule has 0 bridgehead atoms. The van der Waals surface area contributed by atoms with Crippen molar-refractivity contribution < 1.29 is 5.11 Å². The Morgan fingerprint density at radius 3 is 3.00 bits per heavy atom. The Labute approximate surface area is 70.5 Å². The van der Waals surface area contributed by atoms with Gasteiger partial charge in [0.05, 0.1) is 6.10 Å². The first-order valence-corrected chi connectivity index (χ1v) is 4.00. The molecular weight excluding hydrogens is 154 g/mol. The standard InChI is InChI=1S/C8H11N3O/c1-11-5-9-10-8(11)6-2-3-7(12)4-6/h4-5,7,12H,2-3H2,1H3. The molecule has 0 aromatic carbocycles. The Balaban J connectivity index is 2.32. The van der Waals surface area contributed by atoms with Gasteiger partial charge in [0.1, 0.15) is 6.33 Å². The Bertz CT molecular complexity index is 316. The Hall–Kier alpha value is -1.16. The molecule has 12 heavy (non-hydrogen) atoms. The number of aliphatic hydroxyl groups is 1. The zero-order valence-corrected chi connectivity index (χ0v) is 6.94. The van der Waals surface area contributed by atoms with E-state index in [0.29, 0.717) is 0 Å². The number of aryl methyl sites for hydroxylation is 1. The first-order valence-electron chi connectivity index (χ1n) is 4.00.